The highest BCUT2D eigenvalue weighted by Crippen LogP contribution is 2.41. The van der Waals surface area contributed by atoms with Crippen LogP contribution >= 0.6 is 0 Å². The van der Waals surface area contributed by atoms with Crippen molar-refractivity contribution < 1.29 is 14.6 Å². The van der Waals surface area contributed by atoms with Gasteiger partial charge in [0.1, 0.15) is 0 Å². The lowest BCUT2D eigenvalue weighted by atomic mass is 9.70. The molecule has 1 atom stereocenters. The summed E-state index contributed by atoms with van der Waals surface area (Å²) in [6.45, 7) is 9.55. The van der Waals surface area contributed by atoms with Gasteiger partial charge in [-0.05, 0) is 38.3 Å². The molecule has 0 bridgehead atoms. The first kappa shape index (κ1) is 13.8. The molecule has 1 aliphatic heterocycles. The van der Waals surface area contributed by atoms with E-state index in [0.29, 0.717) is 13.2 Å². The summed E-state index contributed by atoms with van der Waals surface area (Å²) in [6.07, 6.45) is 5.57. The maximum absolute atomic E-state index is 10.2. The Kier molecular flexibility index (Phi) is 3.67. The minimum atomic E-state index is -0.605. The number of hydrogen-bond acceptors (Lipinski definition) is 3. The molecule has 3 nitrogen and oxygen atoms in total. The van der Waals surface area contributed by atoms with Gasteiger partial charge in [-0.25, -0.2) is 0 Å². The molecule has 18 heavy (non-hydrogen) atoms. The maximum atomic E-state index is 10.2. The molecule has 2 aliphatic rings. The van der Waals surface area contributed by atoms with E-state index in [9.17, 15) is 5.11 Å². The van der Waals surface area contributed by atoms with E-state index >= 15 is 0 Å². The fourth-order valence-corrected chi connectivity index (χ4v) is 2.80. The molecular formula is C15H24O3. The number of allylic oxidation sites excluding steroid dienone is 2. The van der Waals surface area contributed by atoms with Crippen LogP contribution < -0.4 is 0 Å². The molecule has 0 aromatic carbocycles. The third kappa shape index (κ3) is 2.53. The summed E-state index contributed by atoms with van der Waals surface area (Å²) in [4.78, 5) is 0. The van der Waals surface area contributed by atoms with Crippen LogP contribution in [0.15, 0.2) is 23.3 Å². The molecule has 1 heterocycles. The van der Waals surface area contributed by atoms with Crippen molar-refractivity contribution in [1.82, 2.24) is 0 Å². The van der Waals surface area contributed by atoms with Gasteiger partial charge in [0.15, 0.2) is 5.79 Å². The molecule has 1 N–H and O–H groups in total. The lowest BCUT2D eigenvalue weighted by Crippen LogP contribution is -2.35. The molecule has 0 amide bonds. The van der Waals surface area contributed by atoms with Crippen LogP contribution in [0.4, 0.5) is 0 Å². The summed E-state index contributed by atoms with van der Waals surface area (Å²) in [5, 5.41) is 10.2. The zero-order chi connectivity index (χ0) is 13.4. The quantitative estimate of drug-likeness (QED) is 0.821. The van der Waals surface area contributed by atoms with Gasteiger partial charge < -0.3 is 14.6 Å². The van der Waals surface area contributed by atoms with E-state index < -0.39 is 5.79 Å². The Morgan fingerprint density at radius 2 is 1.83 bits per heavy atom. The van der Waals surface area contributed by atoms with E-state index in [0.717, 1.165) is 12.8 Å². The monoisotopic (exact) mass is 252 g/mol. The maximum Gasteiger partial charge on any atom is 0.185 e. The van der Waals surface area contributed by atoms with Crippen LogP contribution in [0.3, 0.4) is 0 Å². The van der Waals surface area contributed by atoms with Crippen molar-refractivity contribution >= 4 is 0 Å². The van der Waals surface area contributed by atoms with E-state index in [1.807, 2.05) is 13.0 Å². The lowest BCUT2D eigenvalue weighted by Gasteiger charge is -2.38. The van der Waals surface area contributed by atoms with Crippen LogP contribution in [0.2, 0.25) is 0 Å². The highest BCUT2D eigenvalue weighted by atomic mass is 16.7. The predicted octanol–water partition coefficient (Wildman–Crippen LogP) is 2.80. The molecule has 1 fully saturated rings. The van der Waals surface area contributed by atoms with Crippen LogP contribution in [0.5, 0.6) is 0 Å². The lowest BCUT2D eigenvalue weighted by molar-refractivity contribution is -0.0998. The van der Waals surface area contributed by atoms with Gasteiger partial charge in [0.2, 0.25) is 0 Å². The molecule has 1 aliphatic carbocycles. The Hall–Kier alpha value is -0.640. The number of ether oxygens (including phenoxy) is 2. The Morgan fingerprint density at radius 3 is 2.44 bits per heavy atom. The molecule has 3 heteroatoms. The first-order chi connectivity index (χ1) is 8.35. The molecule has 1 saturated heterocycles. The van der Waals surface area contributed by atoms with E-state index in [2.05, 4.69) is 26.8 Å². The summed E-state index contributed by atoms with van der Waals surface area (Å²) in [7, 11) is 0. The van der Waals surface area contributed by atoms with Crippen molar-refractivity contribution in [3.8, 4) is 0 Å². The molecule has 0 saturated carbocycles. The summed E-state index contributed by atoms with van der Waals surface area (Å²) < 4.78 is 11.1. The van der Waals surface area contributed by atoms with Gasteiger partial charge in [-0.2, -0.15) is 0 Å². The molecule has 2 rings (SSSR count). The first-order valence-corrected chi connectivity index (χ1v) is 6.70. The summed E-state index contributed by atoms with van der Waals surface area (Å²) in [5.74, 6) is -0.605. The third-order valence-electron chi connectivity index (χ3n) is 4.19. The second kappa shape index (κ2) is 4.80. The Balaban J connectivity index is 2.23. The minimum absolute atomic E-state index is 0.201. The molecule has 0 radical (unpaired) electrons. The Labute approximate surface area is 109 Å². The molecule has 1 unspecified atom stereocenters. The van der Waals surface area contributed by atoms with Gasteiger partial charge in [0, 0.05) is 5.41 Å². The van der Waals surface area contributed by atoms with Crippen molar-refractivity contribution in [2.75, 3.05) is 13.2 Å². The molecule has 0 aromatic heterocycles. The Bertz CT molecular complexity index is 373. The summed E-state index contributed by atoms with van der Waals surface area (Å²) in [5.41, 5.74) is 2.36. The van der Waals surface area contributed by atoms with Crippen LogP contribution in [0.25, 0.3) is 0 Å². The summed E-state index contributed by atoms with van der Waals surface area (Å²) >= 11 is 0. The van der Waals surface area contributed by atoms with E-state index in [1.165, 1.54) is 11.1 Å². The standard InChI is InChI=1S/C15H24O3/c1-11-5-6-13(16)14(2,3)12(11)7-8-15(4)17-9-10-18-15/h7-8,13,16H,5-6,9-10H2,1-4H3/b8-7+. The van der Waals surface area contributed by atoms with Gasteiger partial charge in [-0.1, -0.05) is 25.5 Å². The normalized spacial score (nSPS) is 31.3. The topological polar surface area (TPSA) is 38.7 Å². The van der Waals surface area contributed by atoms with Crippen molar-refractivity contribution in [2.45, 2.75) is 52.4 Å². The van der Waals surface area contributed by atoms with Crippen LogP contribution in [0, 0.1) is 5.41 Å². The van der Waals surface area contributed by atoms with Crippen LogP contribution in [-0.4, -0.2) is 30.2 Å². The fraction of sp³-hybridized carbons (Fsp3) is 0.733. The smallest absolute Gasteiger partial charge is 0.185 e. The largest absolute Gasteiger partial charge is 0.392 e. The SMILES string of the molecule is CC1=C(/C=C/C2(C)OCCO2)C(C)(C)C(O)CC1. The van der Waals surface area contributed by atoms with Crippen molar-refractivity contribution in [3.63, 3.8) is 0 Å². The van der Waals surface area contributed by atoms with E-state index in [4.69, 9.17) is 9.47 Å². The van der Waals surface area contributed by atoms with Crippen molar-refractivity contribution in [2.24, 2.45) is 5.41 Å². The highest BCUT2D eigenvalue weighted by Gasteiger charge is 2.36. The van der Waals surface area contributed by atoms with Crippen molar-refractivity contribution in [3.05, 3.63) is 23.3 Å². The zero-order valence-electron chi connectivity index (χ0n) is 11.8. The van der Waals surface area contributed by atoms with Gasteiger partial charge in [0.05, 0.1) is 19.3 Å². The number of aliphatic hydroxyl groups is 1. The van der Waals surface area contributed by atoms with Gasteiger partial charge >= 0.3 is 0 Å². The predicted molar refractivity (Wildman–Crippen MR) is 71.2 cm³/mol. The molecule has 102 valence electrons. The number of hydrogen-bond donors (Lipinski definition) is 1. The second-order valence-electron chi connectivity index (χ2n) is 6.02. The van der Waals surface area contributed by atoms with Gasteiger partial charge in [0.25, 0.3) is 0 Å². The first-order valence-electron chi connectivity index (χ1n) is 6.70. The second-order valence-corrected chi connectivity index (χ2v) is 6.02. The minimum Gasteiger partial charge on any atom is -0.392 e. The average Bonchev–Trinajstić information content (AvgIpc) is 2.71. The average molecular weight is 252 g/mol. The number of aliphatic hydroxyl groups excluding tert-OH is 1. The van der Waals surface area contributed by atoms with Gasteiger partial charge in [-0.15, -0.1) is 0 Å². The number of rotatable bonds is 2. The van der Waals surface area contributed by atoms with E-state index in [-0.39, 0.29) is 11.5 Å². The fourth-order valence-electron chi connectivity index (χ4n) is 2.80. The highest BCUT2D eigenvalue weighted by molar-refractivity contribution is 5.35. The van der Waals surface area contributed by atoms with E-state index in [1.54, 1.807) is 0 Å². The van der Waals surface area contributed by atoms with Crippen molar-refractivity contribution in [1.29, 1.82) is 0 Å². The van der Waals surface area contributed by atoms with Gasteiger partial charge in [-0.3, -0.25) is 0 Å². The molecule has 0 aromatic rings. The molecular weight excluding hydrogens is 228 g/mol. The molecule has 0 spiro atoms. The van der Waals surface area contributed by atoms with Crippen LogP contribution in [0.1, 0.15) is 40.5 Å². The third-order valence-corrected chi connectivity index (χ3v) is 4.19. The summed E-state index contributed by atoms with van der Waals surface area (Å²) in [6, 6.07) is 0. The zero-order valence-corrected chi connectivity index (χ0v) is 11.8. The Morgan fingerprint density at radius 1 is 1.22 bits per heavy atom. The van der Waals surface area contributed by atoms with Crippen LogP contribution in [-0.2, 0) is 9.47 Å².